The summed E-state index contributed by atoms with van der Waals surface area (Å²) in [5.74, 6) is -1.16. The molecule has 0 unspecified atom stereocenters. The third-order valence-corrected chi connectivity index (χ3v) is 1.10. The first kappa shape index (κ1) is 12.0. The molecule has 3 nitrogen and oxygen atoms in total. The Kier molecular flexibility index (Phi) is 4.47. The van der Waals surface area contributed by atoms with Crippen LogP contribution in [0.15, 0.2) is 11.6 Å². The number of alkyl halides is 3. The van der Waals surface area contributed by atoms with Crippen molar-refractivity contribution in [2.24, 2.45) is 0 Å². The minimum Gasteiger partial charge on any atom is -0.478 e. The van der Waals surface area contributed by atoms with E-state index in [1.54, 1.807) is 0 Å². The number of carbonyl (C=O) groups is 1. The first-order chi connectivity index (χ1) is 5.81. The van der Waals surface area contributed by atoms with Crippen molar-refractivity contribution in [3.63, 3.8) is 0 Å². The molecule has 0 fully saturated rings. The van der Waals surface area contributed by atoms with Gasteiger partial charge in [0.15, 0.2) is 0 Å². The molecule has 6 heteroatoms. The molecule has 0 spiro atoms. The van der Waals surface area contributed by atoms with Crippen LogP contribution in [0.2, 0.25) is 0 Å². The number of hydrogen-bond donors (Lipinski definition) is 2. The fraction of sp³-hybridized carbons (Fsp3) is 0.571. The number of carboxylic acids is 1. The Bertz CT molecular complexity index is 210. The first-order valence-corrected chi connectivity index (χ1v) is 3.49. The highest BCUT2D eigenvalue weighted by molar-refractivity contribution is 5.80. The number of rotatable bonds is 4. The molecule has 0 aliphatic rings. The van der Waals surface area contributed by atoms with Gasteiger partial charge in [-0.15, -0.1) is 0 Å². The fourth-order valence-corrected chi connectivity index (χ4v) is 0.663. The molecule has 13 heavy (non-hydrogen) atoms. The molecule has 0 heterocycles. The second-order valence-electron chi connectivity index (χ2n) is 2.55. The smallest absolute Gasteiger partial charge is 0.401 e. The summed E-state index contributed by atoms with van der Waals surface area (Å²) in [6.07, 6.45) is -3.40. The second-order valence-corrected chi connectivity index (χ2v) is 2.55. The van der Waals surface area contributed by atoms with Gasteiger partial charge in [-0.25, -0.2) is 4.79 Å². The van der Waals surface area contributed by atoms with Gasteiger partial charge < -0.3 is 10.4 Å². The maximum Gasteiger partial charge on any atom is 0.401 e. The number of hydrogen-bond acceptors (Lipinski definition) is 2. The Balaban J connectivity index is 3.72. The van der Waals surface area contributed by atoms with Crippen LogP contribution < -0.4 is 5.32 Å². The van der Waals surface area contributed by atoms with Crippen LogP contribution in [0.4, 0.5) is 13.2 Å². The lowest BCUT2D eigenvalue weighted by Gasteiger charge is -2.07. The van der Waals surface area contributed by atoms with E-state index in [0.717, 1.165) is 6.08 Å². The van der Waals surface area contributed by atoms with Crippen LogP contribution in [0, 0.1) is 0 Å². The number of aliphatic carboxylic acids is 1. The average Bonchev–Trinajstić information content (AvgIpc) is 1.81. The monoisotopic (exact) mass is 197 g/mol. The van der Waals surface area contributed by atoms with Crippen LogP contribution in [0.25, 0.3) is 0 Å². The van der Waals surface area contributed by atoms with Gasteiger partial charge in [0.05, 0.1) is 6.54 Å². The van der Waals surface area contributed by atoms with E-state index in [1.807, 2.05) is 0 Å². The van der Waals surface area contributed by atoms with E-state index in [9.17, 15) is 18.0 Å². The van der Waals surface area contributed by atoms with Gasteiger partial charge in [-0.3, -0.25) is 0 Å². The predicted molar refractivity (Wildman–Crippen MR) is 40.3 cm³/mol. The van der Waals surface area contributed by atoms with Crippen LogP contribution in [0.3, 0.4) is 0 Å². The van der Waals surface area contributed by atoms with Gasteiger partial charge in [-0.2, -0.15) is 13.2 Å². The molecule has 0 saturated carbocycles. The van der Waals surface area contributed by atoms with Crippen molar-refractivity contribution in [1.29, 1.82) is 0 Å². The van der Waals surface area contributed by atoms with Crippen LogP contribution in [0.5, 0.6) is 0 Å². The summed E-state index contributed by atoms with van der Waals surface area (Å²) >= 11 is 0. The van der Waals surface area contributed by atoms with E-state index in [0.29, 0.717) is 5.57 Å². The molecule has 0 aromatic carbocycles. The Morgan fingerprint density at radius 3 is 2.46 bits per heavy atom. The highest BCUT2D eigenvalue weighted by Gasteiger charge is 2.25. The SMILES string of the molecule is CC(=CC(=O)O)CNCC(F)(F)F. The zero-order valence-electron chi connectivity index (χ0n) is 6.98. The minimum atomic E-state index is -4.26. The van der Waals surface area contributed by atoms with Gasteiger partial charge >= 0.3 is 12.1 Å². The topological polar surface area (TPSA) is 49.3 Å². The molecule has 0 amide bonds. The lowest BCUT2D eigenvalue weighted by Crippen LogP contribution is -2.29. The quantitative estimate of drug-likeness (QED) is 0.665. The molecule has 0 saturated heterocycles. The summed E-state index contributed by atoms with van der Waals surface area (Å²) in [7, 11) is 0. The Morgan fingerprint density at radius 2 is 2.08 bits per heavy atom. The van der Waals surface area contributed by atoms with Crippen molar-refractivity contribution in [2.45, 2.75) is 13.1 Å². The van der Waals surface area contributed by atoms with Gasteiger partial charge in [0.1, 0.15) is 0 Å². The lowest BCUT2D eigenvalue weighted by molar-refractivity contribution is -0.131. The standard InChI is InChI=1S/C7H10F3NO2/c1-5(2-6(12)13)3-11-4-7(8,9)10/h2,11H,3-4H2,1H3,(H,12,13). The van der Waals surface area contributed by atoms with Crippen LogP contribution >= 0.6 is 0 Å². The normalized spacial score (nSPS) is 13.1. The summed E-state index contributed by atoms with van der Waals surface area (Å²) in [6.45, 7) is 0.251. The third-order valence-electron chi connectivity index (χ3n) is 1.10. The molecule has 0 aromatic heterocycles. The zero-order valence-corrected chi connectivity index (χ0v) is 6.98. The fourth-order valence-electron chi connectivity index (χ4n) is 0.663. The number of halogens is 3. The molecule has 0 bridgehead atoms. The van der Waals surface area contributed by atoms with Gasteiger partial charge in [-0.05, 0) is 6.92 Å². The van der Waals surface area contributed by atoms with Crippen LogP contribution in [-0.4, -0.2) is 30.3 Å². The largest absolute Gasteiger partial charge is 0.478 e. The maximum absolute atomic E-state index is 11.6. The van der Waals surface area contributed by atoms with E-state index < -0.39 is 18.7 Å². The molecule has 0 aliphatic heterocycles. The van der Waals surface area contributed by atoms with E-state index in [-0.39, 0.29) is 6.54 Å². The van der Waals surface area contributed by atoms with E-state index in [1.165, 1.54) is 6.92 Å². The van der Waals surface area contributed by atoms with Gasteiger partial charge in [0, 0.05) is 12.6 Å². The minimum absolute atomic E-state index is 0.0776. The molecular weight excluding hydrogens is 187 g/mol. The molecule has 76 valence electrons. The van der Waals surface area contributed by atoms with E-state index in [4.69, 9.17) is 5.11 Å². The van der Waals surface area contributed by atoms with E-state index in [2.05, 4.69) is 5.32 Å². The van der Waals surface area contributed by atoms with Crippen molar-refractivity contribution in [3.05, 3.63) is 11.6 Å². The highest BCUT2D eigenvalue weighted by atomic mass is 19.4. The Hall–Kier alpha value is -1.04. The maximum atomic E-state index is 11.6. The number of nitrogens with one attached hydrogen (secondary N) is 1. The van der Waals surface area contributed by atoms with Gasteiger partial charge in [-0.1, -0.05) is 5.57 Å². The van der Waals surface area contributed by atoms with Crippen molar-refractivity contribution in [3.8, 4) is 0 Å². The van der Waals surface area contributed by atoms with E-state index >= 15 is 0 Å². The summed E-state index contributed by atoms with van der Waals surface area (Å²) in [5, 5.41) is 10.3. The summed E-state index contributed by atoms with van der Waals surface area (Å²) < 4.78 is 34.7. The molecule has 2 N–H and O–H groups in total. The average molecular weight is 197 g/mol. The van der Waals surface area contributed by atoms with Crippen molar-refractivity contribution in [1.82, 2.24) is 5.32 Å². The first-order valence-electron chi connectivity index (χ1n) is 3.49. The molecule has 0 aromatic rings. The molecule has 0 aliphatic carbocycles. The predicted octanol–water partition coefficient (Wildman–Crippen LogP) is 1.17. The molecule has 0 atom stereocenters. The Labute approximate surface area is 73.2 Å². The number of carboxylic acid groups (broad SMARTS) is 1. The van der Waals surface area contributed by atoms with Crippen molar-refractivity contribution < 1.29 is 23.1 Å². The summed E-state index contributed by atoms with van der Waals surface area (Å²) in [6, 6.07) is 0. The summed E-state index contributed by atoms with van der Waals surface area (Å²) in [5.41, 5.74) is 0.344. The van der Waals surface area contributed by atoms with Crippen molar-refractivity contribution >= 4 is 5.97 Å². The van der Waals surface area contributed by atoms with Crippen molar-refractivity contribution in [2.75, 3.05) is 13.1 Å². The zero-order chi connectivity index (χ0) is 10.5. The van der Waals surface area contributed by atoms with Gasteiger partial charge in [0.2, 0.25) is 0 Å². The molecular formula is C7H10F3NO2. The third kappa shape index (κ3) is 8.87. The van der Waals surface area contributed by atoms with Gasteiger partial charge in [0.25, 0.3) is 0 Å². The van der Waals surface area contributed by atoms with Crippen LogP contribution in [-0.2, 0) is 4.79 Å². The summed E-state index contributed by atoms with van der Waals surface area (Å²) in [4.78, 5) is 10.0. The highest BCUT2D eigenvalue weighted by Crippen LogP contribution is 2.12. The Morgan fingerprint density at radius 1 is 1.54 bits per heavy atom. The van der Waals surface area contributed by atoms with Crippen LogP contribution in [0.1, 0.15) is 6.92 Å². The second kappa shape index (κ2) is 4.86. The molecule has 0 radical (unpaired) electrons. The molecule has 0 rings (SSSR count). The lowest BCUT2D eigenvalue weighted by atomic mass is 10.3.